The average Bonchev–Trinajstić information content (AvgIpc) is 2.70. The molecule has 0 atom stereocenters. The van der Waals surface area contributed by atoms with Crippen LogP contribution < -0.4 is 0 Å². The Morgan fingerprint density at radius 2 is 2.14 bits per heavy atom. The van der Waals surface area contributed by atoms with Crippen molar-refractivity contribution in [3.8, 4) is 11.3 Å². The first-order chi connectivity index (χ1) is 6.81. The van der Waals surface area contributed by atoms with Crippen LogP contribution in [0, 0.1) is 5.82 Å². The zero-order chi connectivity index (χ0) is 9.97. The van der Waals surface area contributed by atoms with E-state index in [1.54, 1.807) is 30.5 Å². The summed E-state index contributed by atoms with van der Waals surface area (Å²) in [5, 5.41) is 0. The highest BCUT2D eigenvalue weighted by Crippen LogP contribution is 2.21. The van der Waals surface area contributed by atoms with Crippen molar-refractivity contribution in [1.29, 1.82) is 0 Å². The van der Waals surface area contributed by atoms with Crippen molar-refractivity contribution in [1.82, 2.24) is 4.98 Å². The van der Waals surface area contributed by atoms with E-state index in [2.05, 4.69) is 4.98 Å². The Hall–Kier alpha value is -1.90. The Balaban J connectivity index is 2.51. The molecule has 0 aliphatic rings. The monoisotopic (exact) mass is 189 g/mol. The molecular weight excluding hydrogens is 181 g/mol. The highest BCUT2D eigenvalue weighted by molar-refractivity contribution is 5.76. The number of carbonyl (C=O) groups excluding carboxylic acids is 1. The third-order valence-corrected chi connectivity index (χ3v) is 2.02. The van der Waals surface area contributed by atoms with Crippen LogP contribution in [-0.2, 0) is 0 Å². The van der Waals surface area contributed by atoms with E-state index < -0.39 is 5.82 Å². The Kier molecular flexibility index (Phi) is 2.14. The van der Waals surface area contributed by atoms with Gasteiger partial charge in [-0.3, -0.25) is 4.79 Å². The summed E-state index contributed by atoms with van der Waals surface area (Å²) in [6, 6.07) is 7.97. The Labute approximate surface area is 80.4 Å². The zero-order valence-electron chi connectivity index (χ0n) is 7.33. The fourth-order valence-electron chi connectivity index (χ4n) is 1.32. The first-order valence-electron chi connectivity index (χ1n) is 4.20. The molecule has 0 radical (unpaired) electrons. The van der Waals surface area contributed by atoms with Crippen molar-refractivity contribution in [2.24, 2.45) is 0 Å². The summed E-state index contributed by atoms with van der Waals surface area (Å²) >= 11 is 0. The highest BCUT2D eigenvalue weighted by atomic mass is 19.1. The van der Waals surface area contributed by atoms with E-state index in [1.165, 1.54) is 6.07 Å². The van der Waals surface area contributed by atoms with E-state index in [0.717, 1.165) is 0 Å². The number of hydrogen-bond acceptors (Lipinski definition) is 1. The van der Waals surface area contributed by atoms with Crippen LogP contribution in [0.3, 0.4) is 0 Å². The molecule has 1 N–H and O–H groups in total. The Morgan fingerprint density at radius 1 is 1.29 bits per heavy atom. The lowest BCUT2D eigenvalue weighted by Gasteiger charge is -2.00. The molecule has 0 bridgehead atoms. The van der Waals surface area contributed by atoms with Gasteiger partial charge in [0.2, 0.25) is 0 Å². The minimum Gasteiger partial charge on any atom is -0.361 e. The van der Waals surface area contributed by atoms with Crippen molar-refractivity contribution in [3.05, 3.63) is 47.9 Å². The maximum atomic E-state index is 13.4. The van der Waals surface area contributed by atoms with Crippen LogP contribution in [-0.4, -0.2) is 11.3 Å². The molecule has 2 aromatic rings. The smallest absolute Gasteiger partial charge is 0.150 e. The second-order valence-electron chi connectivity index (χ2n) is 2.94. The van der Waals surface area contributed by atoms with Gasteiger partial charge in [0, 0.05) is 23.0 Å². The number of aromatic amines is 1. The van der Waals surface area contributed by atoms with Crippen LogP contribution in [0.4, 0.5) is 4.39 Å². The van der Waals surface area contributed by atoms with E-state index in [0.29, 0.717) is 23.1 Å². The second-order valence-corrected chi connectivity index (χ2v) is 2.94. The minimum absolute atomic E-state index is 0.345. The van der Waals surface area contributed by atoms with Crippen molar-refractivity contribution in [3.63, 3.8) is 0 Å². The molecule has 2 nitrogen and oxygen atoms in total. The van der Waals surface area contributed by atoms with Gasteiger partial charge in [0.25, 0.3) is 0 Å². The third kappa shape index (κ3) is 1.44. The van der Waals surface area contributed by atoms with Crippen molar-refractivity contribution in [2.75, 3.05) is 0 Å². The molecule has 0 aliphatic carbocycles. The van der Waals surface area contributed by atoms with Gasteiger partial charge in [0.1, 0.15) is 12.1 Å². The molecule has 0 unspecified atom stereocenters. The predicted molar refractivity (Wildman–Crippen MR) is 51.6 cm³/mol. The standard InChI is InChI=1S/C11H8FNO/c12-10-6-8(7-14)3-4-9(10)11-2-1-5-13-11/h1-7,13H. The summed E-state index contributed by atoms with van der Waals surface area (Å²) in [7, 11) is 0. The van der Waals surface area contributed by atoms with Crippen LogP contribution >= 0.6 is 0 Å². The number of rotatable bonds is 2. The van der Waals surface area contributed by atoms with Crippen LogP contribution in [0.5, 0.6) is 0 Å². The SMILES string of the molecule is O=Cc1ccc(-c2ccc[nH]2)c(F)c1. The van der Waals surface area contributed by atoms with Gasteiger partial charge in [-0.1, -0.05) is 6.07 Å². The number of aromatic nitrogens is 1. The van der Waals surface area contributed by atoms with Gasteiger partial charge in [-0.25, -0.2) is 4.39 Å². The third-order valence-electron chi connectivity index (χ3n) is 2.02. The van der Waals surface area contributed by atoms with Crippen molar-refractivity contribution < 1.29 is 9.18 Å². The highest BCUT2D eigenvalue weighted by Gasteiger charge is 2.05. The fourth-order valence-corrected chi connectivity index (χ4v) is 1.32. The lowest BCUT2D eigenvalue weighted by atomic mass is 10.1. The van der Waals surface area contributed by atoms with Gasteiger partial charge in [0.05, 0.1) is 0 Å². The van der Waals surface area contributed by atoms with Crippen molar-refractivity contribution in [2.45, 2.75) is 0 Å². The summed E-state index contributed by atoms with van der Waals surface area (Å²) in [5.74, 6) is -0.392. The molecule has 0 saturated carbocycles. The number of nitrogens with one attached hydrogen (secondary N) is 1. The summed E-state index contributed by atoms with van der Waals surface area (Å²) in [6.07, 6.45) is 2.35. The Morgan fingerprint density at radius 3 is 2.71 bits per heavy atom. The quantitative estimate of drug-likeness (QED) is 0.724. The number of carbonyl (C=O) groups is 1. The molecule has 1 aromatic heterocycles. The van der Waals surface area contributed by atoms with Gasteiger partial charge < -0.3 is 4.98 Å². The molecule has 0 spiro atoms. The largest absolute Gasteiger partial charge is 0.361 e. The van der Waals surface area contributed by atoms with Crippen LogP contribution in [0.2, 0.25) is 0 Å². The van der Waals surface area contributed by atoms with E-state index in [1.807, 2.05) is 0 Å². The topological polar surface area (TPSA) is 32.9 Å². The van der Waals surface area contributed by atoms with Gasteiger partial charge in [0.15, 0.2) is 0 Å². The molecule has 0 fully saturated rings. The normalized spacial score (nSPS) is 10.1. The molecule has 1 aromatic carbocycles. The molecule has 0 amide bonds. The number of hydrogen-bond donors (Lipinski definition) is 1. The predicted octanol–water partition coefficient (Wildman–Crippen LogP) is 2.63. The lowest BCUT2D eigenvalue weighted by Crippen LogP contribution is -1.87. The van der Waals surface area contributed by atoms with Crippen LogP contribution in [0.1, 0.15) is 10.4 Å². The molecule has 14 heavy (non-hydrogen) atoms. The minimum atomic E-state index is -0.392. The fraction of sp³-hybridized carbons (Fsp3) is 0. The van der Waals surface area contributed by atoms with E-state index in [4.69, 9.17) is 0 Å². The van der Waals surface area contributed by atoms with E-state index in [9.17, 15) is 9.18 Å². The molecule has 0 aliphatic heterocycles. The molecular formula is C11H8FNO. The number of aldehydes is 1. The molecule has 70 valence electrons. The van der Waals surface area contributed by atoms with Gasteiger partial charge in [-0.2, -0.15) is 0 Å². The molecule has 3 heteroatoms. The van der Waals surface area contributed by atoms with Crippen LogP contribution in [0.25, 0.3) is 11.3 Å². The summed E-state index contributed by atoms with van der Waals surface area (Å²) in [5.41, 5.74) is 1.53. The maximum Gasteiger partial charge on any atom is 0.150 e. The maximum absolute atomic E-state index is 13.4. The second kappa shape index (κ2) is 3.46. The van der Waals surface area contributed by atoms with E-state index in [-0.39, 0.29) is 0 Å². The van der Waals surface area contributed by atoms with Crippen molar-refractivity contribution >= 4 is 6.29 Å². The molecule has 0 saturated heterocycles. The Bertz CT molecular complexity index is 448. The lowest BCUT2D eigenvalue weighted by molar-refractivity contribution is 0.112. The number of halogens is 1. The number of H-pyrrole nitrogens is 1. The first-order valence-corrected chi connectivity index (χ1v) is 4.20. The summed E-state index contributed by atoms with van der Waals surface area (Å²) < 4.78 is 13.4. The number of benzene rings is 1. The molecule has 2 rings (SSSR count). The van der Waals surface area contributed by atoms with Gasteiger partial charge in [-0.15, -0.1) is 0 Å². The summed E-state index contributed by atoms with van der Waals surface area (Å²) in [4.78, 5) is 13.3. The summed E-state index contributed by atoms with van der Waals surface area (Å²) in [6.45, 7) is 0. The van der Waals surface area contributed by atoms with Crippen LogP contribution in [0.15, 0.2) is 36.5 Å². The van der Waals surface area contributed by atoms with Gasteiger partial charge in [-0.05, 0) is 24.3 Å². The first kappa shape index (κ1) is 8.69. The average molecular weight is 189 g/mol. The molecule has 1 heterocycles. The van der Waals surface area contributed by atoms with Gasteiger partial charge >= 0.3 is 0 Å². The zero-order valence-corrected chi connectivity index (χ0v) is 7.33. The van der Waals surface area contributed by atoms with E-state index >= 15 is 0 Å².